The molecule has 3 aromatic rings. The minimum Gasteiger partial charge on any atom is -0.495 e. The van der Waals surface area contributed by atoms with E-state index < -0.39 is 10.0 Å². The van der Waals surface area contributed by atoms with Crippen molar-refractivity contribution < 1.29 is 22.6 Å². The SMILES string of the molecule is COc1cc(S(=O)(=O)N2CCOCC2)ccc1Nc1nc(OC)c2nc[nH]c2n1. The van der Waals surface area contributed by atoms with Gasteiger partial charge in [0.25, 0.3) is 0 Å². The molecule has 0 spiro atoms. The normalized spacial score (nSPS) is 15.4. The molecule has 3 heterocycles. The van der Waals surface area contributed by atoms with Gasteiger partial charge in [-0.1, -0.05) is 0 Å². The molecule has 154 valence electrons. The van der Waals surface area contributed by atoms with Crippen molar-refractivity contribution in [3.63, 3.8) is 0 Å². The highest BCUT2D eigenvalue weighted by atomic mass is 32.2. The van der Waals surface area contributed by atoms with Crippen LogP contribution in [0.4, 0.5) is 11.6 Å². The second kappa shape index (κ2) is 7.81. The third-order valence-electron chi connectivity index (χ3n) is 4.47. The quantitative estimate of drug-likeness (QED) is 0.602. The third-order valence-corrected chi connectivity index (χ3v) is 6.36. The molecular weight excluding hydrogens is 400 g/mol. The van der Waals surface area contributed by atoms with Crippen LogP contribution in [0.5, 0.6) is 11.6 Å². The number of H-pyrrole nitrogens is 1. The summed E-state index contributed by atoms with van der Waals surface area (Å²) < 4.78 is 43.0. The molecule has 1 aliphatic rings. The number of morpholine rings is 1. The number of nitrogens with one attached hydrogen (secondary N) is 2. The van der Waals surface area contributed by atoms with Gasteiger partial charge in [0.2, 0.25) is 21.9 Å². The van der Waals surface area contributed by atoms with Crippen molar-refractivity contribution in [1.82, 2.24) is 24.2 Å². The fourth-order valence-electron chi connectivity index (χ4n) is 3.00. The summed E-state index contributed by atoms with van der Waals surface area (Å²) in [6.45, 7) is 1.40. The number of aromatic nitrogens is 4. The van der Waals surface area contributed by atoms with Gasteiger partial charge in [-0.25, -0.2) is 13.4 Å². The lowest BCUT2D eigenvalue weighted by Gasteiger charge is -2.26. The molecule has 1 aliphatic heterocycles. The number of fused-ring (bicyclic) bond motifs is 1. The van der Waals surface area contributed by atoms with Crippen LogP contribution in [0.1, 0.15) is 0 Å². The number of sulfonamides is 1. The molecule has 4 rings (SSSR count). The maximum atomic E-state index is 12.9. The van der Waals surface area contributed by atoms with E-state index >= 15 is 0 Å². The molecule has 0 radical (unpaired) electrons. The summed E-state index contributed by atoms with van der Waals surface area (Å²) in [5.74, 6) is 0.900. The second-order valence-electron chi connectivity index (χ2n) is 6.16. The van der Waals surface area contributed by atoms with Crippen LogP contribution in [0, 0.1) is 0 Å². The predicted molar refractivity (Wildman–Crippen MR) is 104 cm³/mol. The summed E-state index contributed by atoms with van der Waals surface area (Å²) in [5.41, 5.74) is 1.52. The molecule has 1 saturated heterocycles. The maximum Gasteiger partial charge on any atom is 0.246 e. The van der Waals surface area contributed by atoms with E-state index in [9.17, 15) is 8.42 Å². The number of ether oxygens (including phenoxy) is 3. The number of hydrogen-bond donors (Lipinski definition) is 2. The van der Waals surface area contributed by atoms with E-state index in [1.165, 1.54) is 37.0 Å². The Morgan fingerprint density at radius 2 is 1.97 bits per heavy atom. The summed E-state index contributed by atoms with van der Waals surface area (Å²) in [5, 5.41) is 3.03. The minimum atomic E-state index is -3.64. The maximum absolute atomic E-state index is 12.9. The van der Waals surface area contributed by atoms with Gasteiger partial charge in [-0.3, -0.25) is 0 Å². The van der Waals surface area contributed by atoms with Crippen molar-refractivity contribution in [1.29, 1.82) is 0 Å². The fraction of sp³-hybridized carbons (Fsp3) is 0.353. The van der Waals surface area contributed by atoms with E-state index in [1.54, 1.807) is 6.07 Å². The Morgan fingerprint density at radius 1 is 1.17 bits per heavy atom. The predicted octanol–water partition coefficient (Wildman–Crippen LogP) is 1.13. The smallest absolute Gasteiger partial charge is 0.246 e. The largest absolute Gasteiger partial charge is 0.495 e. The Bertz CT molecular complexity index is 1130. The fourth-order valence-corrected chi connectivity index (χ4v) is 4.42. The molecule has 1 aromatic carbocycles. The first-order chi connectivity index (χ1) is 14.0. The van der Waals surface area contributed by atoms with Gasteiger partial charge in [0.05, 0.1) is 44.3 Å². The van der Waals surface area contributed by atoms with Gasteiger partial charge in [-0.2, -0.15) is 14.3 Å². The molecule has 0 bridgehead atoms. The van der Waals surface area contributed by atoms with Gasteiger partial charge in [0.15, 0.2) is 11.2 Å². The molecule has 29 heavy (non-hydrogen) atoms. The topological polar surface area (TPSA) is 132 Å². The van der Waals surface area contributed by atoms with Crippen LogP contribution in [-0.4, -0.2) is 73.2 Å². The van der Waals surface area contributed by atoms with Crippen LogP contribution in [0.2, 0.25) is 0 Å². The lowest BCUT2D eigenvalue weighted by atomic mass is 10.3. The number of nitrogens with zero attached hydrogens (tertiary/aromatic N) is 4. The molecule has 1 fully saturated rings. The van der Waals surface area contributed by atoms with E-state index in [0.717, 1.165) is 0 Å². The van der Waals surface area contributed by atoms with Gasteiger partial charge >= 0.3 is 0 Å². The number of imidazole rings is 1. The van der Waals surface area contributed by atoms with Gasteiger partial charge in [-0.05, 0) is 12.1 Å². The van der Waals surface area contributed by atoms with Crippen molar-refractivity contribution in [2.75, 3.05) is 45.8 Å². The summed E-state index contributed by atoms with van der Waals surface area (Å²) in [4.78, 5) is 15.8. The van der Waals surface area contributed by atoms with Gasteiger partial charge in [-0.15, -0.1) is 0 Å². The third kappa shape index (κ3) is 3.69. The summed E-state index contributed by atoms with van der Waals surface area (Å²) >= 11 is 0. The highest BCUT2D eigenvalue weighted by Crippen LogP contribution is 2.32. The zero-order valence-corrected chi connectivity index (χ0v) is 16.7. The highest BCUT2D eigenvalue weighted by molar-refractivity contribution is 7.89. The first-order valence-corrected chi connectivity index (χ1v) is 10.2. The minimum absolute atomic E-state index is 0.143. The van der Waals surface area contributed by atoms with Crippen LogP contribution in [0.25, 0.3) is 11.2 Å². The van der Waals surface area contributed by atoms with Crippen LogP contribution in [0.3, 0.4) is 0 Å². The lowest BCUT2D eigenvalue weighted by Crippen LogP contribution is -2.40. The van der Waals surface area contributed by atoms with Crippen molar-refractivity contribution >= 4 is 32.8 Å². The van der Waals surface area contributed by atoms with Gasteiger partial charge < -0.3 is 24.5 Å². The van der Waals surface area contributed by atoms with Gasteiger partial charge in [0.1, 0.15) is 5.75 Å². The Morgan fingerprint density at radius 3 is 2.69 bits per heavy atom. The second-order valence-corrected chi connectivity index (χ2v) is 8.10. The van der Waals surface area contributed by atoms with E-state index in [2.05, 4.69) is 25.3 Å². The Hall–Kier alpha value is -2.96. The van der Waals surface area contributed by atoms with Crippen molar-refractivity contribution in [2.24, 2.45) is 0 Å². The Kier molecular flexibility index (Phi) is 5.22. The van der Waals surface area contributed by atoms with E-state index in [0.29, 0.717) is 54.8 Å². The molecule has 0 atom stereocenters. The zero-order chi connectivity index (χ0) is 20.4. The van der Waals surface area contributed by atoms with Crippen LogP contribution in [-0.2, 0) is 14.8 Å². The number of anilines is 2. The van der Waals surface area contributed by atoms with Crippen molar-refractivity contribution in [3.8, 4) is 11.6 Å². The van der Waals surface area contributed by atoms with E-state index in [4.69, 9.17) is 14.2 Å². The summed E-state index contributed by atoms with van der Waals surface area (Å²) in [7, 11) is -0.680. The molecule has 0 amide bonds. The first kappa shape index (κ1) is 19.4. The van der Waals surface area contributed by atoms with Crippen molar-refractivity contribution in [3.05, 3.63) is 24.5 Å². The van der Waals surface area contributed by atoms with Crippen molar-refractivity contribution in [2.45, 2.75) is 4.90 Å². The molecule has 0 unspecified atom stereocenters. The molecule has 2 aromatic heterocycles. The lowest BCUT2D eigenvalue weighted by molar-refractivity contribution is 0.0730. The zero-order valence-electron chi connectivity index (χ0n) is 15.9. The van der Waals surface area contributed by atoms with Crippen LogP contribution in [0.15, 0.2) is 29.4 Å². The molecule has 0 saturated carbocycles. The van der Waals surface area contributed by atoms with Gasteiger partial charge in [0, 0.05) is 19.2 Å². The van der Waals surface area contributed by atoms with Crippen LogP contribution < -0.4 is 14.8 Å². The number of hydrogen-bond acceptors (Lipinski definition) is 9. The number of rotatable bonds is 6. The average Bonchev–Trinajstić information content (AvgIpc) is 3.22. The summed E-state index contributed by atoms with van der Waals surface area (Å²) in [6, 6.07) is 4.60. The number of aromatic amines is 1. The average molecular weight is 420 g/mol. The van der Waals surface area contributed by atoms with E-state index in [1.807, 2.05) is 0 Å². The monoisotopic (exact) mass is 420 g/mol. The number of benzene rings is 1. The molecule has 0 aliphatic carbocycles. The van der Waals surface area contributed by atoms with E-state index in [-0.39, 0.29) is 10.8 Å². The van der Waals surface area contributed by atoms with Crippen LogP contribution >= 0.6 is 0 Å². The highest BCUT2D eigenvalue weighted by Gasteiger charge is 2.27. The molecular formula is C17H20N6O5S. The molecule has 11 nitrogen and oxygen atoms in total. The summed E-state index contributed by atoms with van der Waals surface area (Å²) in [6.07, 6.45) is 1.50. The first-order valence-electron chi connectivity index (χ1n) is 8.81. The standard InChI is InChI=1S/C17H20N6O5S/c1-26-13-9-11(29(24,25)23-5-7-28-8-6-23)3-4-12(13)20-17-21-15-14(18-10-19-15)16(22-17)27-2/h3-4,9-10H,5-8H2,1-2H3,(H2,18,19,20,21,22). The molecule has 2 N–H and O–H groups in total. The number of methoxy groups -OCH3 is 2. The molecule has 12 heteroatoms. The Labute approximate surface area is 167 Å². The Balaban J connectivity index is 1.65.